The van der Waals surface area contributed by atoms with E-state index >= 15 is 0 Å². The van der Waals surface area contributed by atoms with Crippen molar-refractivity contribution in [2.24, 2.45) is 0 Å². The van der Waals surface area contributed by atoms with Crippen LogP contribution in [0.1, 0.15) is 38.2 Å². The van der Waals surface area contributed by atoms with Crippen LogP contribution in [0.2, 0.25) is 0 Å². The Morgan fingerprint density at radius 3 is 2.73 bits per heavy atom. The average Bonchev–Trinajstić information content (AvgIpc) is 3.10. The molecule has 7 heteroatoms. The van der Waals surface area contributed by atoms with Crippen LogP contribution in [-0.2, 0) is 6.54 Å². The summed E-state index contributed by atoms with van der Waals surface area (Å²) in [6.07, 6.45) is 4.86. The number of anilines is 2. The van der Waals surface area contributed by atoms with E-state index in [4.69, 9.17) is 9.15 Å². The zero-order chi connectivity index (χ0) is 18.0. The Bertz CT molecular complexity index is 655. The Balaban J connectivity index is 1.35. The van der Waals surface area contributed by atoms with Gasteiger partial charge < -0.3 is 19.8 Å². The van der Waals surface area contributed by atoms with Crippen molar-refractivity contribution < 1.29 is 9.15 Å². The van der Waals surface area contributed by atoms with Gasteiger partial charge in [0.1, 0.15) is 5.75 Å². The molecule has 0 spiro atoms. The van der Waals surface area contributed by atoms with E-state index in [9.17, 15) is 0 Å². The number of hydrogen-bond donors (Lipinski definition) is 2. The van der Waals surface area contributed by atoms with E-state index in [0.717, 1.165) is 31.8 Å². The molecule has 26 heavy (non-hydrogen) atoms. The fourth-order valence-electron chi connectivity index (χ4n) is 3.08. The summed E-state index contributed by atoms with van der Waals surface area (Å²) in [5.41, 5.74) is 1.32. The molecule has 0 bridgehead atoms. The van der Waals surface area contributed by atoms with Gasteiger partial charge in [-0.2, -0.15) is 0 Å². The lowest BCUT2D eigenvalue weighted by molar-refractivity contribution is 0.220. The molecular weight excluding hydrogens is 330 g/mol. The summed E-state index contributed by atoms with van der Waals surface area (Å²) in [4.78, 5) is 2.53. The molecule has 0 radical (unpaired) electrons. The maximum absolute atomic E-state index is 5.88. The Hall–Kier alpha value is -2.28. The van der Waals surface area contributed by atoms with Crippen LogP contribution in [0, 0.1) is 0 Å². The fourth-order valence-corrected chi connectivity index (χ4v) is 3.08. The maximum atomic E-state index is 5.88. The van der Waals surface area contributed by atoms with Crippen molar-refractivity contribution in [1.82, 2.24) is 15.1 Å². The zero-order valence-electron chi connectivity index (χ0n) is 15.5. The summed E-state index contributed by atoms with van der Waals surface area (Å²) in [6.45, 7) is 7.55. The van der Waals surface area contributed by atoms with Crippen LogP contribution in [0.5, 0.6) is 5.75 Å². The first-order chi connectivity index (χ1) is 12.8. The van der Waals surface area contributed by atoms with Gasteiger partial charge in [0.2, 0.25) is 0 Å². The summed E-state index contributed by atoms with van der Waals surface area (Å²) in [7, 11) is 0. The molecule has 0 aliphatic carbocycles. The average molecular weight is 359 g/mol. The standard InChI is InChI=1S/C19H29N5O2/c1-2-20-18-22-23-19(26-18)21-10-7-13-25-17-9-6-8-16(14-17)15-24-11-4-3-5-12-24/h6,8-9,14H,2-5,7,10-13,15H2,1H3,(H,20,22)(H,21,23). The number of likely N-dealkylation sites (tertiary alicyclic amines) is 1. The van der Waals surface area contributed by atoms with Crippen LogP contribution in [0.25, 0.3) is 0 Å². The summed E-state index contributed by atoms with van der Waals surface area (Å²) >= 11 is 0. The molecule has 1 aliphatic heterocycles. The van der Waals surface area contributed by atoms with Crippen LogP contribution in [0.4, 0.5) is 12.0 Å². The van der Waals surface area contributed by atoms with Crippen LogP contribution in [-0.4, -0.2) is 47.9 Å². The lowest BCUT2D eigenvalue weighted by Crippen LogP contribution is -2.29. The molecule has 1 saturated heterocycles. The predicted octanol–water partition coefficient (Wildman–Crippen LogP) is 3.37. The summed E-state index contributed by atoms with van der Waals surface area (Å²) in [5, 5.41) is 13.9. The van der Waals surface area contributed by atoms with Crippen molar-refractivity contribution in [1.29, 1.82) is 0 Å². The normalized spacial score (nSPS) is 15.0. The van der Waals surface area contributed by atoms with Crippen molar-refractivity contribution in [2.75, 3.05) is 43.4 Å². The van der Waals surface area contributed by atoms with Gasteiger partial charge in [0.05, 0.1) is 6.61 Å². The van der Waals surface area contributed by atoms with Crippen molar-refractivity contribution in [2.45, 2.75) is 39.2 Å². The van der Waals surface area contributed by atoms with Crippen LogP contribution >= 0.6 is 0 Å². The Morgan fingerprint density at radius 1 is 1.12 bits per heavy atom. The van der Waals surface area contributed by atoms with Gasteiger partial charge in [-0.3, -0.25) is 4.90 Å². The number of ether oxygens (including phenoxy) is 1. The number of hydrogen-bond acceptors (Lipinski definition) is 7. The number of piperidine rings is 1. The highest BCUT2D eigenvalue weighted by molar-refractivity contribution is 5.29. The van der Waals surface area contributed by atoms with E-state index in [0.29, 0.717) is 18.6 Å². The molecule has 1 aromatic heterocycles. The quantitative estimate of drug-likeness (QED) is 0.630. The molecule has 142 valence electrons. The number of nitrogens with zero attached hydrogens (tertiary/aromatic N) is 3. The lowest BCUT2D eigenvalue weighted by Gasteiger charge is -2.26. The molecule has 1 aromatic carbocycles. The van der Waals surface area contributed by atoms with Gasteiger partial charge in [0.15, 0.2) is 0 Å². The first-order valence-corrected chi connectivity index (χ1v) is 9.59. The molecule has 7 nitrogen and oxygen atoms in total. The third-order valence-corrected chi connectivity index (χ3v) is 4.37. The van der Waals surface area contributed by atoms with E-state index < -0.39 is 0 Å². The molecule has 1 fully saturated rings. The Kier molecular flexibility index (Phi) is 7.13. The molecule has 1 aliphatic rings. The third-order valence-electron chi connectivity index (χ3n) is 4.37. The summed E-state index contributed by atoms with van der Waals surface area (Å²) in [5.74, 6) is 0.937. The maximum Gasteiger partial charge on any atom is 0.316 e. The highest BCUT2D eigenvalue weighted by Gasteiger charge is 2.10. The Morgan fingerprint density at radius 2 is 1.92 bits per heavy atom. The lowest BCUT2D eigenvalue weighted by atomic mass is 10.1. The van der Waals surface area contributed by atoms with Gasteiger partial charge in [-0.1, -0.05) is 28.8 Å². The Labute approximate surface area is 155 Å². The topological polar surface area (TPSA) is 75.5 Å². The van der Waals surface area contributed by atoms with Gasteiger partial charge in [-0.15, -0.1) is 0 Å². The van der Waals surface area contributed by atoms with E-state index in [1.165, 1.54) is 37.9 Å². The van der Waals surface area contributed by atoms with E-state index in [-0.39, 0.29) is 0 Å². The van der Waals surface area contributed by atoms with Crippen LogP contribution < -0.4 is 15.4 Å². The molecule has 0 atom stereocenters. The molecule has 0 amide bonds. The minimum atomic E-state index is 0.435. The molecule has 2 heterocycles. The smallest absolute Gasteiger partial charge is 0.316 e. The number of aromatic nitrogens is 2. The van der Waals surface area contributed by atoms with E-state index in [1.54, 1.807) is 0 Å². The highest BCUT2D eigenvalue weighted by atomic mass is 16.5. The number of benzene rings is 1. The fraction of sp³-hybridized carbons (Fsp3) is 0.579. The molecule has 2 N–H and O–H groups in total. The minimum Gasteiger partial charge on any atom is -0.494 e. The van der Waals surface area contributed by atoms with Gasteiger partial charge in [-0.05, 0) is 57.0 Å². The second-order valence-electron chi connectivity index (χ2n) is 6.56. The summed E-state index contributed by atoms with van der Waals surface area (Å²) in [6, 6.07) is 9.31. The SMILES string of the molecule is CCNc1nnc(NCCCOc2cccc(CN3CCCCC3)c2)o1. The monoisotopic (exact) mass is 359 g/mol. The largest absolute Gasteiger partial charge is 0.494 e. The minimum absolute atomic E-state index is 0.435. The second-order valence-corrected chi connectivity index (χ2v) is 6.56. The van der Waals surface area contributed by atoms with Crippen LogP contribution in [0.15, 0.2) is 28.7 Å². The van der Waals surface area contributed by atoms with Gasteiger partial charge >= 0.3 is 12.0 Å². The molecule has 3 rings (SSSR count). The van der Waals surface area contributed by atoms with Crippen molar-refractivity contribution in [3.05, 3.63) is 29.8 Å². The molecule has 0 unspecified atom stereocenters. The van der Waals surface area contributed by atoms with Crippen molar-refractivity contribution >= 4 is 12.0 Å². The first-order valence-electron chi connectivity index (χ1n) is 9.59. The zero-order valence-corrected chi connectivity index (χ0v) is 15.5. The van der Waals surface area contributed by atoms with Crippen molar-refractivity contribution in [3.8, 4) is 5.75 Å². The second kappa shape index (κ2) is 10.0. The van der Waals surface area contributed by atoms with Gasteiger partial charge in [0.25, 0.3) is 0 Å². The van der Waals surface area contributed by atoms with E-state index in [1.807, 2.05) is 13.0 Å². The van der Waals surface area contributed by atoms with Gasteiger partial charge in [0, 0.05) is 19.6 Å². The van der Waals surface area contributed by atoms with Crippen molar-refractivity contribution in [3.63, 3.8) is 0 Å². The number of rotatable bonds is 10. The predicted molar refractivity (Wildman–Crippen MR) is 103 cm³/mol. The third kappa shape index (κ3) is 5.91. The van der Waals surface area contributed by atoms with Crippen LogP contribution in [0.3, 0.4) is 0 Å². The number of nitrogens with one attached hydrogen (secondary N) is 2. The molecule has 2 aromatic rings. The first kappa shape index (κ1) is 18.5. The summed E-state index contributed by atoms with van der Waals surface area (Å²) < 4.78 is 11.3. The molecular formula is C19H29N5O2. The highest BCUT2D eigenvalue weighted by Crippen LogP contribution is 2.18. The van der Waals surface area contributed by atoms with Gasteiger partial charge in [-0.25, -0.2) is 0 Å². The van der Waals surface area contributed by atoms with E-state index in [2.05, 4.69) is 43.9 Å². The molecule has 0 saturated carbocycles.